The van der Waals surface area contributed by atoms with E-state index in [1.807, 2.05) is 25.1 Å². The summed E-state index contributed by atoms with van der Waals surface area (Å²) < 4.78 is 5.82. The number of hydrogen-bond acceptors (Lipinski definition) is 9. The number of anilines is 4. The minimum atomic E-state index is -0.194. The van der Waals surface area contributed by atoms with Crippen molar-refractivity contribution in [2.24, 2.45) is 0 Å². The molecule has 1 aliphatic heterocycles. The molecule has 1 saturated heterocycles. The Kier molecular flexibility index (Phi) is 9.79. The van der Waals surface area contributed by atoms with Crippen LogP contribution in [0.3, 0.4) is 0 Å². The average molecular weight is 594 g/mol. The molecule has 5 rings (SSSR count). The number of amides is 1. The van der Waals surface area contributed by atoms with Crippen LogP contribution in [0.1, 0.15) is 39.9 Å². The Balaban J connectivity index is 1.35. The standard InChI is InChI=1S/C31H40ClN7O3/c1-20-6-4-9-25(28(20)30(41)33-2)35-29-24(32)19-34-31(37-29)36-26-17-21-7-5-8-23(16-22(21)18-27(26)42-3)39-12-10-38(11-13-39)14-15-40/h4,6,9,17-19,23,40H,5,7-8,10-16H2,1-3H3,(H,33,41)(H2,34,35,36,37). The minimum absolute atomic E-state index is 0.194. The summed E-state index contributed by atoms with van der Waals surface area (Å²) in [6, 6.07) is 10.4. The average Bonchev–Trinajstić information content (AvgIpc) is 3.20. The molecule has 1 aliphatic carbocycles. The molecule has 1 unspecified atom stereocenters. The summed E-state index contributed by atoms with van der Waals surface area (Å²) in [7, 11) is 3.28. The molecule has 2 heterocycles. The van der Waals surface area contributed by atoms with Crippen LogP contribution in [0.5, 0.6) is 5.75 Å². The van der Waals surface area contributed by atoms with Crippen LogP contribution in [0.15, 0.2) is 36.5 Å². The third-order valence-electron chi connectivity index (χ3n) is 8.27. The third-order valence-corrected chi connectivity index (χ3v) is 8.55. The van der Waals surface area contributed by atoms with E-state index in [1.165, 1.54) is 17.3 Å². The molecule has 0 saturated carbocycles. The highest BCUT2D eigenvalue weighted by molar-refractivity contribution is 6.33. The lowest BCUT2D eigenvalue weighted by atomic mass is 9.99. The number of nitrogens with one attached hydrogen (secondary N) is 3. The molecule has 10 nitrogen and oxygen atoms in total. The van der Waals surface area contributed by atoms with Gasteiger partial charge in [-0.05, 0) is 67.5 Å². The van der Waals surface area contributed by atoms with Gasteiger partial charge in [0.1, 0.15) is 10.8 Å². The Morgan fingerprint density at radius 2 is 1.95 bits per heavy atom. The van der Waals surface area contributed by atoms with E-state index in [0.717, 1.165) is 75.4 Å². The molecule has 1 amide bonds. The first-order valence-electron chi connectivity index (χ1n) is 14.6. The number of hydrogen-bond donors (Lipinski definition) is 4. The number of fused-ring (bicyclic) bond motifs is 1. The van der Waals surface area contributed by atoms with E-state index in [2.05, 4.69) is 47.9 Å². The maximum atomic E-state index is 12.5. The summed E-state index contributed by atoms with van der Waals surface area (Å²) in [4.78, 5) is 26.5. The second-order valence-electron chi connectivity index (χ2n) is 10.9. The number of aliphatic hydroxyl groups is 1. The molecule has 224 valence electrons. The van der Waals surface area contributed by atoms with Gasteiger partial charge in [-0.1, -0.05) is 23.7 Å². The number of aliphatic hydroxyl groups excluding tert-OH is 1. The van der Waals surface area contributed by atoms with Gasteiger partial charge < -0.3 is 25.8 Å². The normalized spacial score (nSPS) is 17.7. The van der Waals surface area contributed by atoms with Crippen molar-refractivity contribution >= 4 is 40.6 Å². The Hall–Kier alpha value is -3.44. The molecule has 11 heteroatoms. The molecular weight excluding hydrogens is 554 g/mol. The van der Waals surface area contributed by atoms with Gasteiger partial charge in [0.2, 0.25) is 5.95 Å². The second-order valence-corrected chi connectivity index (χ2v) is 11.3. The molecule has 3 aromatic rings. The molecule has 2 aromatic carbocycles. The van der Waals surface area contributed by atoms with Gasteiger partial charge in [0.25, 0.3) is 5.91 Å². The monoisotopic (exact) mass is 593 g/mol. The van der Waals surface area contributed by atoms with Crippen LogP contribution in [-0.2, 0) is 12.8 Å². The van der Waals surface area contributed by atoms with E-state index < -0.39 is 0 Å². The highest BCUT2D eigenvalue weighted by atomic mass is 35.5. The van der Waals surface area contributed by atoms with Gasteiger partial charge >= 0.3 is 0 Å². The number of halogens is 1. The van der Waals surface area contributed by atoms with Gasteiger partial charge in [-0.15, -0.1) is 0 Å². The fourth-order valence-electron chi connectivity index (χ4n) is 6.01. The van der Waals surface area contributed by atoms with E-state index in [9.17, 15) is 9.90 Å². The van der Waals surface area contributed by atoms with Gasteiger partial charge in [-0.3, -0.25) is 14.6 Å². The van der Waals surface area contributed by atoms with Gasteiger partial charge in [-0.25, -0.2) is 4.98 Å². The molecule has 0 radical (unpaired) electrons. The van der Waals surface area contributed by atoms with Crippen LogP contribution in [-0.4, -0.2) is 90.3 Å². The lowest BCUT2D eigenvalue weighted by Crippen LogP contribution is -2.51. The Morgan fingerprint density at radius 1 is 1.14 bits per heavy atom. The number of ether oxygens (including phenoxy) is 1. The molecule has 0 spiro atoms. The number of β-amino-alcohol motifs (C(OH)–C–C–N with tert-alkyl or cyclic N) is 1. The van der Waals surface area contributed by atoms with Crippen LogP contribution in [0, 0.1) is 6.92 Å². The van der Waals surface area contributed by atoms with Gasteiger partial charge in [0.05, 0.1) is 36.9 Å². The number of carbonyl (C=O) groups is 1. The van der Waals surface area contributed by atoms with Gasteiger partial charge in [0.15, 0.2) is 5.82 Å². The SMILES string of the molecule is CNC(=O)c1c(C)cccc1Nc1nc(Nc2cc3c(cc2OC)CC(N2CCN(CCO)CC2)CCC3)ncc1Cl. The molecule has 0 bridgehead atoms. The molecule has 1 atom stereocenters. The molecule has 42 heavy (non-hydrogen) atoms. The van der Waals surface area contributed by atoms with Crippen molar-refractivity contribution in [3.8, 4) is 5.75 Å². The maximum Gasteiger partial charge on any atom is 0.253 e. The summed E-state index contributed by atoms with van der Waals surface area (Å²) in [5.41, 5.74) is 5.39. The van der Waals surface area contributed by atoms with Crippen molar-refractivity contribution in [3.05, 3.63) is 63.8 Å². The predicted octanol–water partition coefficient (Wildman–Crippen LogP) is 4.15. The number of nitrogens with zero attached hydrogens (tertiary/aromatic N) is 4. The fraction of sp³-hybridized carbons (Fsp3) is 0.452. The summed E-state index contributed by atoms with van der Waals surface area (Å²) >= 11 is 6.47. The largest absolute Gasteiger partial charge is 0.495 e. The topological polar surface area (TPSA) is 115 Å². The number of aromatic nitrogens is 2. The number of piperazine rings is 1. The Bertz CT molecular complexity index is 1410. The van der Waals surface area contributed by atoms with Crippen molar-refractivity contribution in [1.82, 2.24) is 25.1 Å². The first kappa shape index (κ1) is 30.0. The third kappa shape index (κ3) is 6.78. The molecule has 1 fully saturated rings. The van der Waals surface area contributed by atoms with E-state index in [4.69, 9.17) is 16.3 Å². The van der Waals surface area contributed by atoms with E-state index >= 15 is 0 Å². The minimum Gasteiger partial charge on any atom is -0.495 e. The summed E-state index contributed by atoms with van der Waals surface area (Å²) in [6.07, 6.45) is 5.80. The molecule has 1 aromatic heterocycles. The second kappa shape index (κ2) is 13.7. The summed E-state index contributed by atoms with van der Waals surface area (Å²) in [5, 5.41) is 18.9. The van der Waals surface area contributed by atoms with Crippen molar-refractivity contribution in [1.29, 1.82) is 0 Å². The maximum absolute atomic E-state index is 12.5. The first-order valence-corrected chi connectivity index (χ1v) is 14.9. The lowest BCUT2D eigenvalue weighted by Gasteiger charge is -2.39. The van der Waals surface area contributed by atoms with Crippen molar-refractivity contribution in [2.45, 2.75) is 38.6 Å². The zero-order valence-corrected chi connectivity index (χ0v) is 25.3. The van der Waals surface area contributed by atoms with Gasteiger partial charge in [-0.2, -0.15) is 4.98 Å². The van der Waals surface area contributed by atoms with E-state index in [-0.39, 0.29) is 12.5 Å². The van der Waals surface area contributed by atoms with Crippen LogP contribution < -0.4 is 20.7 Å². The number of benzene rings is 2. The first-order chi connectivity index (χ1) is 20.4. The van der Waals surface area contributed by atoms with Crippen molar-refractivity contribution in [2.75, 3.05) is 64.1 Å². The molecule has 2 aliphatic rings. The van der Waals surface area contributed by atoms with E-state index in [1.54, 1.807) is 14.2 Å². The number of methoxy groups -OCH3 is 1. The summed E-state index contributed by atoms with van der Waals surface area (Å²) in [6.45, 7) is 6.94. The highest BCUT2D eigenvalue weighted by Crippen LogP contribution is 2.35. The number of aryl methyl sites for hydroxylation is 2. The quantitative estimate of drug-likeness (QED) is 0.272. The van der Waals surface area contributed by atoms with Crippen molar-refractivity contribution in [3.63, 3.8) is 0 Å². The van der Waals surface area contributed by atoms with Crippen LogP contribution in [0.25, 0.3) is 0 Å². The van der Waals surface area contributed by atoms with Gasteiger partial charge in [0, 0.05) is 45.8 Å². The van der Waals surface area contributed by atoms with Crippen molar-refractivity contribution < 1.29 is 14.6 Å². The zero-order chi connectivity index (χ0) is 29.6. The zero-order valence-electron chi connectivity index (χ0n) is 24.5. The Labute approximate surface area is 252 Å². The predicted molar refractivity (Wildman–Crippen MR) is 167 cm³/mol. The fourth-order valence-corrected chi connectivity index (χ4v) is 6.14. The summed E-state index contributed by atoms with van der Waals surface area (Å²) in [5.74, 6) is 1.29. The number of carbonyl (C=O) groups excluding carboxylic acids is 1. The molecule has 4 N–H and O–H groups in total. The molecular formula is C31H40ClN7O3. The Morgan fingerprint density at radius 3 is 2.69 bits per heavy atom. The smallest absolute Gasteiger partial charge is 0.253 e. The van der Waals surface area contributed by atoms with E-state index in [0.29, 0.717) is 34.1 Å². The number of rotatable bonds is 9. The van der Waals surface area contributed by atoms with Crippen LogP contribution >= 0.6 is 11.6 Å². The van der Waals surface area contributed by atoms with Crippen LogP contribution in [0.2, 0.25) is 5.02 Å². The highest BCUT2D eigenvalue weighted by Gasteiger charge is 2.27. The lowest BCUT2D eigenvalue weighted by molar-refractivity contribution is 0.0805. The van der Waals surface area contributed by atoms with Crippen LogP contribution in [0.4, 0.5) is 23.1 Å².